The van der Waals surface area contributed by atoms with Gasteiger partial charge in [0.15, 0.2) is 9.84 Å². The van der Waals surface area contributed by atoms with Crippen molar-refractivity contribution in [1.82, 2.24) is 0 Å². The SMILES string of the molecule is COc1ccc2c(c1)C(N)C(S(=O)(=O)C(C)C)C2. The highest BCUT2D eigenvalue weighted by atomic mass is 32.2. The predicted molar refractivity (Wildman–Crippen MR) is 71.5 cm³/mol. The first kappa shape index (κ1) is 13.4. The average molecular weight is 269 g/mol. The molecule has 1 aromatic carbocycles. The molecule has 1 aliphatic carbocycles. The Morgan fingerprint density at radius 3 is 2.61 bits per heavy atom. The Hall–Kier alpha value is -1.07. The van der Waals surface area contributed by atoms with Gasteiger partial charge in [-0.1, -0.05) is 6.07 Å². The van der Waals surface area contributed by atoms with Crippen molar-refractivity contribution in [2.24, 2.45) is 5.73 Å². The molecule has 5 heteroatoms. The van der Waals surface area contributed by atoms with Crippen molar-refractivity contribution in [3.05, 3.63) is 29.3 Å². The van der Waals surface area contributed by atoms with Crippen LogP contribution in [-0.4, -0.2) is 26.0 Å². The summed E-state index contributed by atoms with van der Waals surface area (Å²) in [4.78, 5) is 0. The monoisotopic (exact) mass is 269 g/mol. The van der Waals surface area contributed by atoms with Gasteiger partial charge >= 0.3 is 0 Å². The first-order valence-corrected chi connectivity index (χ1v) is 7.64. The van der Waals surface area contributed by atoms with E-state index in [1.807, 2.05) is 18.2 Å². The standard InChI is InChI=1S/C13H19NO3S/c1-8(2)18(15,16)12-6-9-4-5-10(17-3)7-11(9)13(12)14/h4-5,7-8,12-13H,6,14H2,1-3H3. The first-order valence-electron chi connectivity index (χ1n) is 6.03. The van der Waals surface area contributed by atoms with E-state index in [1.54, 1.807) is 21.0 Å². The lowest BCUT2D eigenvalue weighted by Gasteiger charge is -2.19. The summed E-state index contributed by atoms with van der Waals surface area (Å²) in [5, 5.41) is -0.913. The van der Waals surface area contributed by atoms with Gasteiger partial charge in [0.2, 0.25) is 0 Å². The van der Waals surface area contributed by atoms with Crippen molar-refractivity contribution < 1.29 is 13.2 Å². The Bertz CT molecular complexity index is 551. The van der Waals surface area contributed by atoms with E-state index in [9.17, 15) is 8.42 Å². The first-order chi connectivity index (χ1) is 8.37. The molecular weight excluding hydrogens is 250 g/mol. The maximum atomic E-state index is 12.3. The molecule has 4 nitrogen and oxygen atoms in total. The Balaban J connectivity index is 2.39. The van der Waals surface area contributed by atoms with Gasteiger partial charge in [-0.25, -0.2) is 8.42 Å². The highest BCUT2D eigenvalue weighted by molar-refractivity contribution is 7.92. The molecule has 2 rings (SSSR count). The van der Waals surface area contributed by atoms with Gasteiger partial charge in [-0.05, 0) is 43.5 Å². The van der Waals surface area contributed by atoms with Crippen LogP contribution in [0.1, 0.15) is 31.0 Å². The van der Waals surface area contributed by atoms with Crippen LogP contribution in [0.3, 0.4) is 0 Å². The Kier molecular flexibility index (Phi) is 3.38. The fourth-order valence-corrected chi connectivity index (χ4v) is 4.08. The van der Waals surface area contributed by atoms with E-state index in [2.05, 4.69) is 0 Å². The Morgan fingerprint density at radius 1 is 1.39 bits per heavy atom. The van der Waals surface area contributed by atoms with Gasteiger partial charge in [0.1, 0.15) is 5.75 Å². The van der Waals surface area contributed by atoms with Gasteiger partial charge < -0.3 is 10.5 Å². The predicted octanol–water partition coefficient (Wildman–Crippen LogP) is 1.44. The van der Waals surface area contributed by atoms with Crippen LogP contribution in [0.25, 0.3) is 0 Å². The summed E-state index contributed by atoms with van der Waals surface area (Å²) in [5.74, 6) is 0.715. The zero-order valence-corrected chi connectivity index (χ0v) is 11.7. The van der Waals surface area contributed by atoms with E-state index < -0.39 is 26.4 Å². The average Bonchev–Trinajstić information content (AvgIpc) is 2.66. The maximum Gasteiger partial charge on any atom is 0.157 e. The van der Waals surface area contributed by atoms with Crippen molar-refractivity contribution >= 4 is 9.84 Å². The highest BCUT2D eigenvalue weighted by Crippen LogP contribution is 2.37. The topological polar surface area (TPSA) is 69.4 Å². The molecule has 0 spiro atoms. The number of nitrogens with two attached hydrogens (primary N) is 1. The summed E-state index contributed by atoms with van der Waals surface area (Å²) in [6.07, 6.45) is 0.501. The molecule has 2 N–H and O–H groups in total. The van der Waals surface area contributed by atoms with Crippen LogP contribution in [-0.2, 0) is 16.3 Å². The largest absolute Gasteiger partial charge is 0.497 e. The van der Waals surface area contributed by atoms with Crippen LogP contribution in [0.4, 0.5) is 0 Å². The third-order valence-electron chi connectivity index (χ3n) is 3.61. The second-order valence-corrected chi connectivity index (χ2v) is 7.70. The molecule has 0 bridgehead atoms. The normalized spacial score (nSPS) is 23.2. The molecule has 0 heterocycles. The molecule has 0 radical (unpaired) electrons. The van der Waals surface area contributed by atoms with Crippen LogP contribution >= 0.6 is 0 Å². The third-order valence-corrected chi connectivity index (χ3v) is 6.23. The second-order valence-electron chi connectivity index (χ2n) is 4.97. The molecular formula is C13H19NO3S. The van der Waals surface area contributed by atoms with Gasteiger partial charge in [-0.15, -0.1) is 0 Å². The van der Waals surface area contributed by atoms with Crippen molar-refractivity contribution in [1.29, 1.82) is 0 Å². The van der Waals surface area contributed by atoms with Crippen molar-refractivity contribution in [3.63, 3.8) is 0 Å². The second kappa shape index (κ2) is 4.55. The van der Waals surface area contributed by atoms with Gasteiger partial charge in [0, 0.05) is 6.04 Å². The van der Waals surface area contributed by atoms with Crippen molar-refractivity contribution in [2.75, 3.05) is 7.11 Å². The molecule has 2 unspecified atom stereocenters. The van der Waals surface area contributed by atoms with E-state index in [4.69, 9.17) is 10.5 Å². The lowest BCUT2D eigenvalue weighted by atomic mass is 10.1. The Labute approximate surface area is 108 Å². The minimum Gasteiger partial charge on any atom is -0.497 e. The van der Waals surface area contributed by atoms with Crippen molar-refractivity contribution in [2.45, 2.75) is 36.8 Å². The lowest BCUT2D eigenvalue weighted by Crippen LogP contribution is -2.35. The lowest BCUT2D eigenvalue weighted by molar-refractivity contribution is 0.414. The minimum atomic E-state index is -3.18. The summed E-state index contributed by atoms with van der Waals surface area (Å²) in [7, 11) is -1.59. The number of benzene rings is 1. The van der Waals surface area contributed by atoms with Crippen molar-refractivity contribution in [3.8, 4) is 5.75 Å². The number of rotatable bonds is 3. The molecule has 0 saturated carbocycles. The van der Waals surface area contributed by atoms with Crippen LogP contribution in [0.5, 0.6) is 5.75 Å². The zero-order chi connectivity index (χ0) is 13.5. The van der Waals surface area contributed by atoms with Crippen LogP contribution in [0.2, 0.25) is 0 Å². The molecule has 18 heavy (non-hydrogen) atoms. The van der Waals surface area contributed by atoms with Gasteiger partial charge in [-0.2, -0.15) is 0 Å². The fraction of sp³-hybridized carbons (Fsp3) is 0.538. The molecule has 0 aromatic heterocycles. The number of hydrogen-bond acceptors (Lipinski definition) is 4. The van der Waals surface area contributed by atoms with Gasteiger partial charge in [0.05, 0.1) is 17.6 Å². The summed E-state index contributed by atoms with van der Waals surface area (Å²) in [5.41, 5.74) is 8.01. The molecule has 2 atom stereocenters. The summed E-state index contributed by atoms with van der Waals surface area (Å²) in [6, 6.07) is 5.14. The third kappa shape index (κ3) is 2.01. The smallest absolute Gasteiger partial charge is 0.157 e. The number of hydrogen-bond donors (Lipinski definition) is 1. The van der Waals surface area contributed by atoms with Crippen LogP contribution < -0.4 is 10.5 Å². The number of fused-ring (bicyclic) bond motifs is 1. The molecule has 0 saturated heterocycles. The molecule has 0 amide bonds. The fourth-order valence-electron chi connectivity index (χ4n) is 2.41. The van der Waals surface area contributed by atoms with E-state index in [1.165, 1.54) is 0 Å². The number of sulfone groups is 1. The summed E-state index contributed by atoms with van der Waals surface area (Å²) < 4.78 is 29.7. The number of ether oxygens (including phenoxy) is 1. The molecule has 0 aliphatic heterocycles. The summed E-state index contributed by atoms with van der Waals surface area (Å²) in [6.45, 7) is 3.40. The maximum absolute atomic E-state index is 12.3. The summed E-state index contributed by atoms with van der Waals surface area (Å²) >= 11 is 0. The van der Waals surface area contributed by atoms with Crippen LogP contribution in [0, 0.1) is 0 Å². The van der Waals surface area contributed by atoms with E-state index >= 15 is 0 Å². The highest BCUT2D eigenvalue weighted by Gasteiger charge is 2.40. The molecule has 100 valence electrons. The van der Waals surface area contributed by atoms with E-state index in [-0.39, 0.29) is 0 Å². The van der Waals surface area contributed by atoms with E-state index in [0.717, 1.165) is 11.1 Å². The number of methoxy groups -OCH3 is 1. The van der Waals surface area contributed by atoms with E-state index in [0.29, 0.717) is 12.2 Å². The quantitative estimate of drug-likeness (QED) is 0.901. The Morgan fingerprint density at radius 2 is 2.06 bits per heavy atom. The van der Waals surface area contributed by atoms with Gasteiger partial charge in [0.25, 0.3) is 0 Å². The minimum absolute atomic E-state index is 0.398. The van der Waals surface area contributed by atoms with Crippen LogP contribution in [0.15, 0.2) is 18.2 Å². The van der Waals surface area contributed by atoms with Gasteiger partial charge in [-0.3, -0.25) is 0 Å². The molecule has 0 fully saturated rings. The molecule has 1 aliphatic rings. The zero-order valence-electron chi connectivity index (χ0n) is 10.9. The molecule has 1 aromatic rings.